The SMILES string of the molecule is O=C(Cn1c(=O)c(=O)n(CC(=O)OCc2ccccc2)c2ccccc21)OCc1ccccc1. The minimum Gasteiger partial charge on any atom is -0.459 e. The van der Waals surface area contributed by atoms with Crippen LogP contribution in [-0.2, 0) is 45.4 Å². The van der Waals surface area contributed by atoms with Crippen LogP contribution in [0.1, 0.15) is 11.1 Å². The summed E-state index contributed by atoms with van der Waals surface area (Å²) in [5.74, 6) is -1.31. The first-order valence-electron chi connectivity index (χ1n) is 10.6. The van der Waals surface area contributed by atoms with E-state index in [-0.39, 0.29) is 13.2 Å². The summed E-state index contributed by atoms with van der Waals surface area (Å²) in [7, 11) is 0. The minimum atomic E-state index is -0.925. The van der Waals surface area contributed by atoms with Crippen molar-refractivity contribution in [2.24, 2.45) is 0 Å². The van der Waals surface area contributed by atoms with Crippen molar-refractivity contribution in [2.75, 3.05) is 0 Å². The molecule has 0 aliphatic rings. The third-order valence-corrected chi connectivity index (χ3v) is 5.20. The van der Waals surface area contributed by atoms with E-state index in [0.29, 0.717) is 11.0 Å². The summed E-state index contributed by atoms with van der Waals surface area (Å²) in [6.07, 6.45) is 0. The van der Waals surface area contributed by atoms with Gasteiger partial charge in [0.25, 0.3) is 0 Å². The third-order valence-electron chi connectivity index (χ3n) is 5.20. The Morgan fingerprint density at radius 2 is 0.912 bits per heavy atom. The molecule has 34 heavy (non-hydrogen) atoms. The highest BCUT2D eigenvalue weighted by molar-refractivity contribution is 5.79. The lowest BCUT2D eigenvalue weighted by Gasteiger charge is -2.14. The van der Waals surface area contributed by atoms with E-state index in [1.807, 2.05) is 60.7 Å². The molecule has 0 aliphatic carbocycles. The molecule has 0 bridgehead atoms. The number of hydrogen-bond donors (Lipinski definition) is 0. The molecule has 0 N–H and O–H groups in total. The van der Waals surface area contributed by atoms with E-state index in [2.05, 4.69) is 0 Å². The Balaban J connectivity index is 1.54. The van der Waals surface area contributed by atoms with Crippen LogP contribution in [-0.4, -0.2) is 21.1 Å². The van der Waals surface area contributed by atoms with Crippen molar-refractivity contribution >= 4 is 23.0 Å². The van der Waals surface area contributed by atoms with Gasteiger partial charge in [0.15, 0.2) is 0 Å². The van der Waals surface area contributed by atoms with E-state index in [0.717, 1.165) is 20.3 Å². The summed E-state index contributed by atoms with van der Waals surface area (Å²) in [5.41, 5.74) is 0.423. The predicted octanol–water partition coefficient (Wildman–Crippen LogP) is 2.65. The van der Waals surface area contributed by atoms with Crippen molar-refractivity contribution in [1.82, 2.24) is 9.13 Å². The molecular weight excluding hydrogens is 436 g/mol. The van der Waals surface area contributed by atoms with Crippen molar-refractivity contribution in [3.05, 3.63) is 117 Å². The summed E-state index contributed by atoms with van der Waals surface area (Å²) < 4.78 is 12.7. The number of carbonyl (C=O) groups is 2. The number of rotatable bonds is 8. The fourth-order valence-electron chi connectivity index (χ4n) is 3.51. The summed E-state index contributed by atoms with van der Waals surface area (Å²) in [5, 5.41) is 0. The van der Waals surface area contributed by atoms with Crippen LogP contribution in [0.25, 0.3) is 11.0 Å². The van der Waals surface area contributed by atoms with E-state index in [1.54, 1.807) is 24.3 Å². The van der Waals surface area contributed by atoms with E-state index in [1.165, 1.54) is 0 Å². The Labute approximate surface area is 194 Å². The second-order valence-corrected chi connectivity index (χ2v) is 7.56. The highest BCUT2D eigenvalue weighted by Gasteiger charge is 2.18. The molecule has 4 aromatic rings. The van der Waals surface area contributed by atoms with Gasteiger partial charge in [0.05, 0.1) is 11.0 Å². The molecule has 0 spiro atoms. The second-order valence-electron chi connectivity index (χ2n) is 7.56. The van der Waals surface area contributed by atoms with Gasteiger partial charge < -0.3 is 9.47 Å². The number of fused-ring (bicyclic) bond motifs is 1. The highest BCUT2D eigenvalue weighted by atomic mass is 16.5. The first kappa shape index (κ1) is 22.7. The molecule has 0 atom stereocenters. The van der Waals surface area contributed by atoms with Gasteiger partial charge in [0, 0.05) is 0 Å². The zero-order chi connectivity index (χ0) is 23.9. The van der Waals surface area contributed by atoms with E-state index in [9.17, 15) is 19.2 Å². The van der Waals surface area contributed by atoms with Crippen LogP contribution in [0.5, 0.6) is 0 Å². The van der Waals surface area contributed by atoms with E-state index >= 15 is 0 Å². The maximum absolute atomic E-state index is 12.8. The molecule has 0 saturated heterocycles. The lowest BCUT2D eigenvalue weighted by atomic mass is 10.2. The summed E-state index contributed by atoms with van der Waals surface area (Å²) in [4.78, 5) is 50.5. The fraction of sp³-hybridized carbons (Fsp3) is 0.154. The molecule has 0 amide bonds. The maximum Gasteiger partial charge on any atom is 0.326 e. The van der Waals surface area contributed by atoms with E-state index in [4.69, 9.17) is 9.47 Å². The second kappa shape index (κ2) is 10.4. The molecule has 8 heteroatoms. The van der Waals surface area contributed by atoms with Crippen molar-refractivity contribution < 1.29 is 19.1 Å². The number of aromatic nitrogens is 2. The zero-order valence-corrected chi connectivity index (χ0v) is 18.3. The predicted molar refractivity (Wildman–Crippen MR) is 125 cm³/mol. The third kappa shape index (κ3) is 5.29. The van der Waals surface area contributed by atoms with Gasteiger partial charge in [-0.15, -0.1) is 0 Å². The smallest absolute Gasteiger partial charge is 0.326 e. The maximum atomic E-state index is 12.8. The topological polar surface area (TPSA) is 96.6 Å². The number of carbonyl (C=O) groups excluding carboxylic acids is 2. The average molecular weight is 458 g/mol. The van der Waals surface area contributed by atoms with Crippen LogP contribution in [0.3, 0.4) is 0 Å². The van der Waals surface area contributed by atoms with Crippen LogP contribution in [0.15, 0.2) is 94.5 Å². The van der Waals surface area contributed by atoms with Gasteiger partial charge in [-0.25, -0.2) is 0 Å². The number of para-hydroxylation sites is 2. The molecular formula is C26H22N2O6. The van der Waals surface area contributed by atoms with Gasteiger partial charge in [-0.05, 0) is 23.3 Å². The van der Waals surface area contributed by atoms with Crippen molar-refractivity contribution in [1.29, 1.82) is 0 Å². The molecule has 8 nitrogen and oxygen atoms in total. The van der Waals surface area contributed by atoms with Crippen molar-refractivity contribution in [3.63, 3.8) is 0 Å². The summed E-state index contributed by atoms with van der Waals surface area (Å²) in [6, 6.07) is 24.8. The molecule has 3 aromatic carbocycles. The van der Waals surface area contributed by atoms with Crippen molar-refractivity contribution in [3.8, 4) is 0 Å². The monoisotopic (exact) mass is 458 g/mol. The first-order valence-corrected chi connectivity index (χ1v) is 10.6. The average Bonchev–Trinajstić information content (AvgIpc) is 2.88. The van der Waals surface area contributed by atoms with Crippen LogP contribution in [0.2, 0.25) is 0 Å². The number of benzene rings is 3. The number of ether oxygens (including phenoxy) is 2. The Kier molecular flexibility index (Phi) is 6.98. The van der Waals surface area contributed by atoms with Gasteiger partial charge in [0.2, 0.25) is 0 Å². The van der Waals surface area contributed by atoms with Gasteiger partial charge in [-0.2, -0.15) is 0 Å². The molecule has 0 saturated carbocycles. The molecule has 0 aliphatic heterocycles. The molecule has 1 heterocycles. The summed E-state index contributed by atoms with van der Waals surface area (Å²) in [6.45, 7) is -0.755. The quantitative estimate of drug-likeness (QED) is 0.298. The molecule has 0 radical (unpaired) electrons. The normalized spacial score (nSPS) is 10.7. The van der Waals surface area contributed by atoms with E-state index < -0.39 is 36.1 Å². The van der Waals surface area contributed by atoms with Crippen LogP contribution in [0.4, 0.5) is 0 Å². The van der Waals surface area contributed by atoms with Crippen LogP contribution < -0.4 is 11.1 Å². The Hall–Kier alpha value is -4.46. The number of hydrogen-bond acceptors (Lipinski definition) is 6. The molecule has 1 aromatic heterocycles. The Bertz CT molecular complexity index is 1310. The molecule has 0 fully saturated rings. The van der Waals surface area contributed by atoms with Gasteiger partial charge >= 0.3 is 23.1 Å². The lowest BCUT2D eigenvalue weighted by Crippen LogP contribution is -2.43. The highest BCUT2D eigenvalue weighted by Crippen LogP contribution is 2.12. The molecule has 172 valence electrons. The summed E-state index contributed by atoms with van der Waals surface area (Å²) >= 11 is 0. The lowest BCUT2D eigenvalue weighted by molar-refractivity contribution is -0.146. The molecule has 0 unspecified atom stereocenters. The number of esters is 2. The first-order chi connectivity index (χ1) is 16.5. The van der Waals surface area contributed by atoms with Crippen LogP contribution in [0, 0.1) is 0 Å². The largest absolute Gasteiger partial charge is 0.459 e. The van der Waals surface area contributed by atoms with Crippen LogP contribution >= 0.6 is 0 Å². The fourth-order valence-corrected chi connectivity index (χ4v) is 3.51. The van der Waals surface area contributed by atoms with Gasteiger partial charge in [-0.3, -0.25) is 28.3 Å². The standard InChI is InChI=1S/C26H22N2O6/c29-23(33-17-19-9-3-1-4-10-19)15-27-21-13-7-8-14-22(21)28(26(32)25(27)31)16-24(30)34-18-20-11-5-2-6-12-20/h1-14H,15-18H2. The number of nitrogens with zero attached hydrogens (tertiary/aromatic N) is 2. The Morgan fingerprint density at radius 1 is 0.559 bits per heavy atom. The zero-order valence-electron chi connectivity index (χ0n) is 18.3. The minimum absolute atomic E-state index is 0.0523. The Morgan fingerprint density at radius 3 is 1.29 bits per heavy atom. The molecule has 4 rings (SSSR count). The van der Waals surface area contributed by atoms with Crippen molar-refractivity contribution in [2.45, 2.75) is 26.3 Å². The van der Waals surface area contributed by atoms with Gasteiger partial charge in [-0.1, -0.05) is 72.8 Å². The van der Waals surface area contributed by atoms with Gasteiger partial charge in [0.1, 0.15) is 26.3 Å².